The highest BCUT2D eigenvalue weighted by molar-refractivity contribution is 5.97. The summed E-state index contributed by atoms with van der Waals surface area (Å²) < 4.78 is 13.7. The minimum Gasteiger partial charge on any atom is -0.294 e. The van der Waals surface area contributed by atoms with Crippen LogP contribution in [0.5, 0.6) is 0 Å². The molecule has 0 saturated carbocycles. The Morgan fingerprint density at radius 2 is 2.06 bits per heavy atom. The van der Waals surface area contributed by atoms with Gasteiger partial charge in [-0.3, -0.25) is 9.78 Å². The largest absolute Gasteiger partial charge is 0.294 e. The Labute approximate surface area is 105 Å². The van der Waals surface area contributed by atoms with E-state index >= 15 is 0 Å². The van der Waals surface area contributed by atoms with Gasteiger partial charge in [0, 0.05) is 6.20 Å². The fourth-order valence-corrected chi connectivity index (χ4v) is 1.80. The maximum atomic E-state index is 13.7. The van der Waals surface area contributed by atoms with Crippen molar-refractivity contribution in [2.75, 3.05) is 0 Å². The molecule has 0 saturated heterocycles. The molecule has 92 valence electrons. The van der Waals surface area contributed by atoms with Gasteiger partial charge in [-0.2, -0.15) is 0 Å². The van der Waals surface area contributed by atoms with Gasteiger partial charge in [-0.15, -0.1) is 0 Å². The predicted molar refractivity (Wildman–Crippen MR) is 68.1 cm³/mol. The fraction of sp³-hybridized carbons (Fsp3) is 0.200. The predicted octanol–water partition coefficient (Wildman–Crippen LogP) is 3.26. The fourth-order valence-electron chi connectivity index (χ4n) is 1.80. The van der Waals surface area contributed by atoms with Crippen LogP contribution in [0.1, 0.15) is 27.2 Å². The second-order valence-electron chi connectivity index (χ2n) is 4.35. The number of rotatable bonds is 3. The molecule has 0 aliphatic rings. The summed E-state index contributed by atoms with van der Waals surface area (Å²) in [5, 5.41) is 0. The van der Waals surface area contributed by atoms with E-state index in [1.807, 2.05) is 19.1 Å². The van der Waals surface area contributed by atoms with E-state index in [2.05, 4.69) is 4.98 Å². The molecule has 1 heterocycles. The summed E-state index contributed by atoms with van der Waals surface area (Å²) in [7, 11) is 0. The third-order valence-corrected chi connectivity index (χ3v) is 2.87. The number of pyridine rings is 1. The van der Waals surface area contributed by atoms with Crippen LogP contribution in [0, 0.1) is 19.7 Å². The van der Waals surface area contributed by atoms with E-state index in [9.17, 15) is 9.18 Å². The molecule has 18 heavy (non-hydrogen) atoms. The molecule has 1 aromatic carbocycles. The molecule has 2 aromatic rings. The molecule has 0 N–H and O–H groups in total. The molecule has 0 bridgehead atoms. The number of carbonyl (C=O) groups is 1. The smallest absolute Gasteiger partial charge is 0.171 e. The van der Waals surface area contributed by atoms with Crippen molar-refractivity contribution in [2.24, 2.45) is 0 Å². The van der Waals surface area contributed by atoms with E-state index in [1.165, 1.54) is 12.1 Å². The van der Waals surface area contributed by atoms with Crippen LogP contribution in [-0.4, -0.2) is 10.8 Å². The summed E-state index contributed by atoms with van der Waals surface area (Å²) in [4.78, 5) is 16.2. The summed E-state index contributed by atoms with van der Waals surface area (Å²) in [5.41, 5.74) is 2.57. The zero-order valence-electron chi connectivity index (χ0n) is 10.4. The number of Topliss-reactive ketones (excluding diaryl/α,β-unsaturated/α-hetero) is 1. The number of ketones is 1. The first-order chi connectivity index (χ1) is 8.58. The standard InChI is InChI=1S/C15H14FNO/c1-10-5-6-12(13(16)8-10)15(18)9-14-11(2)4-3-7-17-14/h3-8H,9H2,1-2H3. The number of nitrogens with zero attached hydrogens (tertiary/aromatic N) is 1. The highest BCUT2D eigenvalue weighted by atomic mass is 19.1. The van der Waals surface area contributed by atoms with Crippen molar-refractivity contribution in [1.82, 2.24) is 4.98 Å². The molecule has 2 rings (SSSR count). The topological polar surface area (TPSA) is 30.0 Å². The van der Waals surface area contributed by atoms with Crippen molar-refractivity contribution in [3.05, 3.63) is 64.7 Å². The van der Waals surface area contributed by atoms with Crippen LogP contribution in [-0.2, 0) is 6.42 Å². The van der Waals surface area contributed by atoms with Crippen molar-refractivity contribution in [3.8, 4) is 0 Å². The Hall–Kier alpha value is -2.03. The molecule has 0 spiro atoms. The van der Waals surface area contributed by atoms with E-state index < -0.39 is 5.82 Å². The second kappa shape index (κ2) is 5.08. The minimum atomic E-state index is -0.464. The molecule has 0 aliphatic heterocycles. The van der Waals surface area contributed by atoms with Crippen LogP contribution in [0.15, 0.2) is 36.5 Å². The Kier molecular flexibility index (Phi) is 3.51. The first-order valence-corrected chi connectivity index (χ1v) is 5.78. The van der Waals surface area contributed by atoms with Gasteiger partial charge in [0.1, 0.15) is 5.82 Å². The molecule has 0 unspecified atom stereocenters. The van der Waals surface area contributed by atoms with Gasteiger partial charge in [-0.1, -0.05) is 12.1 Å². The summed E-state index contributed by atoms with van der Waals surface area (Å²) >= 11 is 0. The monoisotopic (exact) mass is 243 g/mol. The molecule has 0 atom stereocenters. The molecule has 3 heteroatoms. The SMILES string of the molecule is Cc1ccc(C(=O)Cc2ncccc2C)c(F)c1. The van der Waals surface area contributed by atoms with Crippen molar-refractivity contribution in [3.63, 3.8) is 0 Å². The van der Waals surface area contributed by atoms with Crippen LogP contribution >= 0.6 is 0 Å². The zero-order valence-corrected chi connectivity index (χ0v) is 10.4. The Bertz CT molecular complexity index is 593. The quantitative estimate of drug-likeness (QED) is 0.774. The summed E-state index contributed by atoms with van der Waals surface area (Å²) in [6, 6.07) is 8.35. The van der Waals surface area contributed by atoms with Gasteiger partial charge in [0.2, 0.25) is 0 Å². The van der Waals surface area contributed by atoms with Gasteiger partial charge >= 0.3 is 0 Å². The second-order valence-corrected chi connectivity index (χ2v) is 4.35. The van der Waals surface area contributed by atoms with E-state index in [1.54, 1.807) is 19.2 Å². The lowest BCUT2D eigenvalue weighted by Gasteiger charge is -2.05. The number of aromatic nitrogens is 1. The van der Waals surface area contributed by atoms with Crippen molar-refractivity contribution >= 4 is 5.78 Å². The Balaban J connectivity index is 2.25. The summed E-state index contributed by atoms with van der Waals surface area (Å²) in [6.07, 6.45) is 1.77. The summed E-state index contributed by atoms with van der Waals surface area (Å²) in [6.45, 7) is 3.68. The lowest BCUT2D eigenvalue weighted by Crippen LogP contribution is -2.08. The lowest BCUT2D eigenvalue weighted by molar-refractivity contribution is 0.0988. The number of hydrogen-bond donors (Lipinski definition) is 0. The highest BCUT2D eigenvalue weighted by Gasteiger charge is 2.13. The first-order valence-electron chi connectivity index (χ1n) is 5.78. The molecule has 2 nitrogen and oxygen atoms in total. The normalized spacial score (nSPS) is 10.4. The highest BCUT2D eigenvalue weighted by Crippen LogP contribution is 2.14. The van der Waals surface area contributed by atoms with Crippen molar-refractivity contribution in [2.45, 2.75) is 20.3 Å². The summed E-state index contributed by atoms with van der Waals surface area (Å²) in [5.74, 6) is -0.706. The van der Waals surface area contributed by atoms with E-state index in [-0.39, 0.29) is 17.8 Å². The van der Waals surface area contributed by atoms with Gasteiger partial charge < -0.3 is 0 Å². The number of aryl methyl sites for hydroxylation is 2. The third-order valence-electron chi connectivity index (χ3n) is 2.87. The van der Waals surface area contributed by atoms with Crippen LogP contribution in [0.3, 0.4) is 0 Å². The van der Waals surface area contributed by atoms with Gasteiger partial charge in [-0.25, -0.2) is 4.39 Å². The van der Waals surface area contributed by atoms with Gasteiger partial charge in [0.05, 0.1) is 17.7 Å². The Morgan fingerprint density at radius 3 is 2.72 bits per heavy atom. The number of carbonyl (C=O) groups excluding carboxylic acids is 1. The molecule has 0 aliphatic carbocycles. The van der Waals surface area contributed by atoms with Crippen molar-refractivity contribution < 1.29 is 9.18 Å². The van der Waals surface area contributed by atoms with Crippen molar-refractivity contribution in [1.29, 1.82) is 0 Å². The molecule has 0 fully saturated rings. The molecule has 1 aromatic heterocycles. The molecule has 0 radical (unpaired) electrons. The van der Waals surface area contributed by atoms with Gasteiger partial charge in [-0.05, 0) is 43.2 Å². The zero-order chi connectivity index (χ0) is 13.1. The first kappa shape index (κ1) is 12.4. The number of hydrogen-bond acceptors (Lipinski definition) is 2. The van der Waals surface area contributed by atoms with Gasteiger partial charge in [0.15, 0.2) is 5.78 Å². The molecule has 0 amide bonds. The Morgan fingerprint density at radius 1 is 1.28 bits per heavy atom. The van der Waals surface area contributed by atoms with E-state index in [4.69, 9.17) is 0 Å². The minimum absolute atomic E-state index is 0.130. The van der Waals surface area contributed by atoms with Crippen LogP contribution in [0.25, 0.3) is 0 Å². The van der Waals surface area contributed by atoms with Crippen LogP contribution < -0.4 is 0 Å². The third kappa shape index (κ3) is 2.62. The lowest BCUT2D eigenvalue weighted by atomic mass is 10.0. The average molecular weight is 243 g/mol. The van der Waals surface area contributed by atoms with Crippen LogP contribution in [0.4, 0.5) is 4.39 Å². The number of benzene rings is 1. The van der Waals surface area contributed by atoms with Crippen LogP contribution in [0.2, 0.25) is 0 Å². The maximum absolute atomic E-state index is 13.7. The van der Waals surface area contributed by atoms with E-state index in [0.717, 1.165) is 11.1 Å². The van der Waals surface area contributed by atoms with E-state index in [0.29, 0.717) is 5.69 Å². The average Bonchev–Trinajstić information content (AvgIpc) is 2.32. The maximum Gasteiger partial charge on any atom is 0.171 e. The molecular weight excluding hydrogens is 229 g/mol. The molecular formula is C15H14FNO. The number of halogens is 1. The van der Waals surface area contributed by atoms with Gasteiger partial charge in [0.25, 0.3) is 0 Å².